The lowest BCUT2D eigenvalue weighted by Gasteiger charge is -2.24. The van der Waals surface area contributed by atoms with E-state index in [-0.39, 0.29) is 16.2 Å². The van der Waals surface area contributed by atoms with Crippen molar-refractivity contribution in [2.24, 2.45) is 5.73 Å². The molecule has 3 aromatic rings. The number of rotatable bonds is 9. The topological polar surface area (TPSA) is 128 Å². The fourth-order valence-corrected chi connectivity index (χ4v) is 4.62. The highest BCUT2D eigenvalue weighted by atomic mass is 32.2. The summed E-state index contributed by atoms with van der Waals surface area (Å²) >= 11 is 0. The summed E-state index contributed by atoms with van der Waals surface area (Å²) < 4.78 is 38.6. The van der Waals surface area contributed by atoms with Gasteiger partial charge >= 0.3 is 0 Å². The molecule has 0 aliphatic carbocycles. The Bertz CT molecular complexity index is 1290. The molecule has 0 fully saturated rings. The molecule has 3 rings (SSSR count). The van der Waals surface area contributed by atoms with Gasteiger partial charge in [0.25, 0.3) is 10.0 Å². The summed E-state index contributed by atoms with van der Waals surface area (Å²) in [6.07, 6.45) is 0. The summed E-state index contributed by atoms with van der Waals surface area (Å²) in [5, 5.41) is 2.64. The summed E-state index contributed by atoms with van der Waals surface area (Å²) in [4.78, 5) is 24.0. The van der Waals surface area contributed by atoms with Crippen LogP contribution in [0.5, 0.6) is 11.5 Å². The third-order valence-corrected chi connectivity index (χ3v) is 6.78. The van der Waals surface area contributed by atoms with E-state index in [9.17, 15) is 18.0 Å². The smallest absolute Gasteiger partial charge is 0.264 e. The second-order valence-corrected chi connectivity index (χ2v) is 9.22. The monoisotopic (exact) mass is 483 g/mol. The minimum absolute atomic E-state index is 0.0654. The number of nitrogens with zero attached hydrogens (tertiary/aromatic N) is 1. The Kier molecular flexibility index (Phi) is 7.42. The lowest BCUT2D eigenvalue weighted by molar-refractivity contribution is -0.114. The molecule has 0 spiro atoms. The number of carbonyl (C=O) groups is 2. The molecule has 0 aliphatic heterocycles. The Hall–Kier alpha value is -4.05. The number of ether oxygens (including phenoxy) is 2. The van der Waals surface area contributed by atoms with E-state index in [1.807, 2.05) is 6.92 Å². The Balaban J connectivity index is 1.94. The van der Waals surface area contributed by atoms with Crippen LogP contribution in [0.1, 0.15) is 15.9 Å². The van der Waals surface area contributed by atoms with E-state index in [1.165, 1.54) is 56.7 Å². The summed E-state index contributed by atoms with van der Waals surface area (Å²) in [5.74, 6) is -0.548. The maximum absolute atomic E-state index is 13.6. The van der Waals surface area contributed by atoms with Gasteiger partial charge in [0.1, 0.15) is 6.54 Å². The predicted octanol–water partition coefficient (Wildman–Crippen LogP) is 2.95. The number of sulfonamides is 1. The van der Waals surface area contributed by atoms with Gasteiger partial charge in [0.15, 0.2) is 11.5 Å². The van der Waals surface area contributed by atoms with Crippen LogP contribution in [0.3, 0.4) is 0 Å². The molecule has 0 aromatic heterocycles. The first-order valence-electron chi connectivity index (χ1n) is 10.2. The maximum atomic E-state index is 13.6. The molecule has 10 heteroatoms. The summed E-state index contributed by atoms with van der Waals surface area (Å²) in [6.45, 7) is 1.39. The zero-order chi connectivity index (χ0) is 24.9. The van der Waals surface area contributed by atoms with Crippen LogP contribution in [0, 0.1) is 6.92 Å². The van der Waals surface area contributed by atoms with Crippen molar-refractivity contribution in [1.29, 1.82) is 0 Å². The minimum Gasteiger partial charge on any atom is -0.493 e. The van der Waals surface area contributed by atoms with Crippen LogP contribution >= 0.6 is 0 Å². The van der Waals surface area contributed by atoms with Gasteiger partial charge in [-0.05, 0) is 55.5 Å². The normalized spacial score (nSPS) is 10.9. The van der Waals surface area contributed by atoms with Gasteiger partial charge in [-0.15, -0.1) is 0 Å². The van der Waals surface area contributed by atoms with Crippen molar-refractivity contribution in [3.63, 3.8) is 0 Å². The second kappa shape index (κ2) is 10.3. The van der Waals surface area contributed by atoms with Crippen LogP contribution in [0.15, 0.2) is 71.6 Å². The summed E-state index contributed by atoms with van der Waals surface area (Å²) in [5.41, 5.74) is 7.17. The lowest BCUT2D eigenvalue weighted by Crippen LogP contribution is -2.38. The molecular formula is C24H25N3O6S. The number of primary amides is 1. The third-order valence-electron chi connectivity index (χ3n) is 5.01. The highest BCUT2D eigenvalue weighted by molar-refractivity contribution is 7.92. The largest absolute Gasteiger partial charge is 0.493 e. The molecule has 0 bridgehead atoms. The fraction of sp³-hybridized carbons (Fsp3) is 0.167. The Labute approximate surface area is 198 Å². The van der Waals surface area contributed by atoms with E-state index in [0.29, 0.717) is 17.1 Å². The molecule has 3 N–H and O–H groups in total. The van der Waals surface area contributed by atoms with Gasteiger partial charge in [-0.25, -0.2) is 8.42 Å². The van der Waals surface area contributed by atoms with E-state index in [4.69, 9.17) is 15.2 Å². The van der Waals surface area contributed by atoms with Crippen LogP contribution < -0.4 is 24.8 Å². The van der Waals surface area contributed by atoms with Gasteiger partial charge in [-0.1, -0.05) is 17.7 Å². The number of nitrogens with one attached hydrogen (secondary N) is 1. The molecule has 0 saturated carbocycles. The van der Waals surface area contributed by atoms with Gasteiger partial charge < -0.3 is 20.5 Å². The lowest BCUT2D eigenvalue weighted by atomic mass is 10.2. The first kappa shape index (κ1) is 24.6. The average Bonchev–Trinajstić information content (AvgIpc) is 2.83. The van der Waals surface area contributed by atoms with E-state index in [2.05, 4.69) is 5.32 Å². The van der Waals surface area contributed by atoms with E-state index in [0.717, 1.165) is 9.87 Å². The maximum Gasteiger partial charge on any atom is 0.264 e. The average molecular weight is 484 g/mol. The van der Waals surface area contributed by atoms with Crippen molar-refractivity contribution in [2.75, 3.05) is 30.4 Å². The van der Waals surface area contributed by atoms with Gasteiger partial charge in [0.05, 0.1) is 24.8 Å². The van der Waals surface area contributed by atoms with Crippen molar-refractivity contribution in [2.45, 2.75) is 11.8 Å². The molecule has 0 atom stereocenters. The van der Waals surface area contributed by atoms with Gasteiger partial charge in [0, 0.05) is 17.3 Å². The number of aryl methyl sites for hydroxylation is 1. The minimum atomic E-state index is -4.15. The predicted molar refractivity (Wildman–Crippen MR) is 129 cm³/mol. The SMILES string of the molecule is COc1ccc(S(=O)(=O)N(CC(=O)Nc2ccc(C(N)=O)cc2)c2ccc(C)cc2)cc1OC. The van der Waals surface area contributed by atoms with E-state index < -0.39 is 28.4 Å². The molecule has 2 amide bonds. The highest BCUT2D eigenvalue weighted by Crippen LogP contribution is 2.32. The van der Waals surface area contributed by atoms with Crippen molar-refractivity contribution < 1.29 is 27.5 Å². The van der Waals surface area contributed by atoms with Crippen molar-refractivity contribution in [1.82, 2.24) is 0 Å². The van der Waals surface area contributed by atoms with E-state index in [1.54, 1.807) is 24.3 Å². The number of benzene rings is 3. The van der Waals surface area contributed by atoms with Gasteiger partial charge in [0.2, 0.25) is 11.8 Å². The number of hydrogen-bond donors (Lipinski definition) is 2. The van der Waals surface area contributed by atoms with E-state index >= 15 is 0 Å². The molecule has 0 heterocycles. The number of methoxy groups -OCH3 is 2. The second-order valence-electron chi connectivity index (χ2n) is 7.35. The van der Waals surface area contributed by atoms with Crippen LogP contribution in [-0.2, 0) is 14.8 Å². The molecule has 0 unspecified atom stereocenters. The summed E-state index contributed by atoms with van der Waals surface area (Å²) in [7, 11) is -1.30. The number of anilines is 2. The van der Waals surface area contributed by atoms with Crippen molar-refractivity contribution in [3.05, 3.63) is 77.9 Å². The van der Waals surface area contributed by atoms with Crippen LogP contribution in [0.25, 0.3) is 0 Å². The van der Waals surface area contributed by atoms with Gasteiger partial charge in [-0.2, -0.15) is 0 Å². The molecule has 178 valence electrons. The molecule has 3 aromatic carbocycles. The van der Waals surface area contributed by atoms with Crippen LogP contribution in [-0.4, -0.2) is 41.0 Å². The molecule has 0 radical (unpaired) electrons. The van der Waals surface area contributed by atoms with Crippen molar-refractivity contribution >= 4 is 33.2 Å². The Morgan fingerprint density at radius 1 is 0.912 bits per heavy atom. The van der Waals surface area contributed by atoms with Crippen molar-refractivity contribution in [3.8, 4) is 11.5 Å². The standard InChI is InChI=1S/C24H25N3O6S/c1-16-4-10-19(11-5-16)27(15-23(28)26-18-8-6-17(7-9-18)24(25)29)34(30,31)20-12-13-21(32-2)22(14-20)33-3/h4-14H,15H2,1-3H3,(H2,25,29)(H,26,28). The summed E-state index contributed by atoms with van der Waals surface area (Å²) in [6, 6.07) is 16.9. The number of amides is 2. The quantitative estimate of drug-likeness (QED) is 0.482. The first-order valence-corrected chi connectivity index (χ1v) is 11.6. The van der Waals surface area contributed by atoms with Gasteiger partial charge in [-0.3, -0.25) is 13.9 Å². The van der Waals surface area contributed by atoms with Crippen LogP contribution in [0.4, 0.5) is 11.4 Å². The highest BCUT2D eigenvalue weighted by Gasteiger charge is 2.28. The fourth-order valence-electron chi connectivity index (χ4n) is 3.18. The molecule has 0 saturated heterocycles. The third kappa shape index (κ3) is 5.46. The Morgan fingerprint density at radius 3 is 2.09 bits per heavy atom. The first-order chi connectivity index (χ1) is 16.1. The zero-order valence-corrected chi connectivity index (χ0v) is 19.8. The number of nitrogens with two attached hydrogens (primary N) is 1. The Morgan fingerprint density at radius 2 is 1.53 bits per heavy atom. The molecule has 0 aliphatic rings. The van der Waals surface area contributed by atoms with Crippen LogP contribution in [0.2, 0.25) is 0 Å². The number of hydrogen-bond acceptors (Lipinski definition) is 6. The molecule has 34 heavy (non-hydrogen) atoms. The molecular weight excluding hydrogens is 458 g/mol. The number of carbonyl (C=O) groups excluding carboxylic acids is 2. The molecule has 9 nitrogen and oxygen atoms in total. The zero-order valence-electron chi connectivity index (χ0n) is 18.9.